The molecule has 1 aliphatic rings. The molecule has 2 heterocycles. The Morgan fingerprint density at radius 3 is 2.76 bits per heavy atom. The first-order chi connectivity index (χ1) is 11.7. The summed E-state index contributed by atoms with van der Waals surface area (Å²) in [6.45, 7) is 2.71. The SMILES string of the molecule is COCc1cccc(CNC(=O)C2(n3cccn3)CCNCC2)c1.Cl. The van der Waals surface area contributed by atoms with E-state index in [2.05, 4.69) is 21.8 Å². The number of rotatable bonds is 6. The van der Waals surface area contributed by atoms with Gasteiger partial charge in [0.1, 0.15) is 5.54 Å². The highest BCUT2D eigenvalue weighted by atomic mass is 35.5. The van der Waals surface area contributed by atoms with E-state index in [9.17, 15) is 4.79 Å². The second-order valence-electron chi connectivity index (χ2n) is 6.17. The molecule has 0 aliphatic carbocycles. The number of amides is 1. The number of carbonyl (C=O) groups is 1. The van der Waals surface area contributed by atoms with Crippen LogP contribution in [0.25, 0.3) is 0 Å². The van der Waals surface area contributed by atoms with Crippen LogP contribution in [0.1, 0.15) is 24.0 Å². The summed E-state index contributed by atoms with van der Waals surface area (Å²) >= 11 is 0. The quantitative estimate of drug-likeness (QED) is 0.820. The normalized spacial score (nSPS) is 16.0. The van der Waals surface area contributed by atoms with Gasteiger partial charge < -0.3 is 15.4 Å². The molecule has 1 fully saturated rings. The second-order valence-corrected chi connectivity index (χ2v) is 6.17. The van der Waals surface area contributed by atoms with Gasteiger partial charge in [-0.1, -0.05) is 24.3 Å². The molecule has 0 saturated carbocycles. The van der Waals surface area contributed by atoms with E-state index in [1.165, 1.54) is 0 Å². The molecule has 1 aromatic carbocycles. The van der Waals surface area contributed by atoms with Gasteiger partial charge in [0.15, 0.2) is 0 Å². The lowest BCUT2D eigenvalue weighted by Gasteiger charge is -2.36. The number of benzene rings is 1. The van der Waals surface area contributed by atoms with Crippen LogP contribution >= 0.6 is 12.4 Å². The molecule has 3 rings (SSSR count). The fraction of sp³-hybridized carbons (Fsp3) is 0.444. The van der Waals surface area contributed by atoms with Crippen molar-refractivity contribution in [3.63, 3.8) is 0 Å². The minimum absolute atomic E-state index is 0. The average molecular weight is 365 g/mol. The molecule has 0 unspecified atom stereocenters. The Hall–Kier alpha value is -1.89. The molecule has 2 aromatic rings. The largest absolute Gasteiger partial charge is 0.380 e. The molecule has 0 radical (unpaired) electrons. The van der Waals surface area contributed by atoms with Gasteiger partial charge in [0.05, 0.1) is 6.61 Å². The van der Waals surface area contributed by atoms with E-state index in [-0.39, 0.29) is 18.3 Å². The van der Waals surface area contributed by atoms with Crippen molar-refractivity contribution >= 4 is 18.3 Å². The molecule has 1 amide bonds. The van der Waals surface area contributed by atoms with Crippen LogP contribution in [0.4, 0.5) is 0 Å². The molecule has 1 aliphatic heterocycles. The van der Waals surface area contributed by atoms with Crippen molar-refractivity contribution in [1.82, 2.24) is 20.4 Å². The Balaban J connectivity index is 0.00000225. The van der Waals surface area contributed by atoms with E-state index >= 15 is 0 Å². The molecule has 136 valence electrons. The first-order valence-corrected chi connectivity index (χ1v) is 8.30. The average Bonchev–Trinajstić information content (AvgIpc) is 3.16. The van der Waals surface area contributed by atoms with Gasteiger partial charge in [0.25, 0.3) is 0 Å². The van der Waals surface area contributed by atoms with Gasteiger partial charge in [-0.05, 0) is 43.1 Å². The smallest absolute Gasteiger partial charge is 0.248 e. The van der Waals surface area contributed by atoms with Gasteiger partial charge in [-0.3, -0.25) is 9.48 Å². The van der Waals surface area contributed by atoms with Crippen molar-refractivity contribution < 1.29 is 9.53 Å². The maximum absolute atomic E-state index is 13.0. The monoisotopic (exact) mass is 364 g/mol. The fourth-order valence-electron chi connectivity index (χ4n) is 3.27. The Morgan fingerprint density at radius 1 is 1.32 bits per heavy atom. The van der Waals surface area contributed by atoms with Crippen LogP contribution in [0.5, 0.6) is 0 Å². The minimum atomic E-state index is -0.598. The first kappa shape index (κ1) is 19.4. The summed E-state index contributed by atoms with van der Waals surface area (Å²) in [5.74, 6) is 0.0323. The Labute approximate surface area is 154 Å². The van der Waals surface area contributed by atoms with Crippen molar-refractivity contribution in [2.24, 2.45) is 0 Å². The summed E-state index contributed by atoms with van der Waals surface area (Å²) in [7, 11) is 1.68. The number of hydrogen-bond acceptors (Lipinski definition) is 4. The highest BCUT2D eigenvalue weighted by Crippen LogP contribution is 2.27. The van der Waals surface area contributed by atoms with Gasteiger partial charge in [-0.2, -0.15) is 5.10 Å². The maximum Gasteiger partial charge on any atom is 0.248 e. The number of methoxy groups -OCH3 is 1. The summed E-state index contributed by atoms with van der Waals surface area (Å²) in [4.78, 5) is 13.0. The number of halogens is 1. The lowest BCUT2D eigenvalue weighted by atomic mass is 9.87. The standard InChI is InChI=1S/C18H24N4O2.ClH/c1-24-14-16-5-2-4-15(12-16)13-20-17(23)18(6-9-19-10-7-18)22-11-3-8-21-22;/h2-5,8,11-12,19H,6-7,9-10,13-14H2,1H3,(H,20,23);1H. The third-order valence-corrected chi connectivity index (χ3v) is 4.55. The van der Waals surface area contributed by atoms with Crippen LogP contribution in [0, 0.1) is 0 Å². The molecular weight excluding hydrogens is 340 g/mol. The third kappa shape index (κ3) is 4.39. The van der Waals surface area contributed by atoms with E-state index in [1.807, 2.05) is 35.1 Å². The summed E-state index contributed by atoms with van der Waals surface area (Å²) in [6, 6.07) is 9.96. The van der Waals surface area contributed by atoms with E-state index in [1.54, 1.807) is 13.3 Å². The summed E-state index contributed by atoms with van der Waals surface area (Å²) in [5, 5.41) is 10.8. The molecule has 2 N–H and O–H groups in total. The highest BCUT2D eigenvalue weighted by Gasteiger charge is 2.41. The summed E-state index contributed by atoms with van der Waals surface area (Å²) in [6.07, 6.45) is 5.09. The number of nitrogens with zero attached hydrogens (tertiary/aromatic N) is 2. The van der Waals surface area contributed by atoms with E-state index in [0.717, 1.165) is 37.1 Å². The Kier molecular flexibility index (Phi) is 6.99. The van der Waals surface area contributed by atoms with E-state index in [0.29, 0.717) is 13.2 Å². The molecule has 7 heteroatoms. The second kappa shape index (κ2) is 8.99. The zero-order valence-corrected chi connectivity index (χ0v) is 15.2. The lowest BCUT2D eigenvalue weighted by Crippen LogP contribution is -2.54. The number of hydrogen-bond donors (Lipinski definition) is 2. The van der Waals surface area contributed by atoms with Crippen LogP contribution in [-0.4, -0.2) is 35.9 Å². The molecule has 6 nitrogen and oxygen atoms in total. The van der Waals surface area contributed by atoms with Gasteiger partial charge >= 0.3 is 0 Å². The molecule has 25 heavy (non-hydrogen) atoms. The van der Waals surface area contributed by atoms with Gasteiger partial charge in [-0.15, -0.1) is 12.4 Å². The molecule has 0 spiro atoms. The zero-order chi connectivity index (χ0) is 16.8. The fourth-order valence-corrected chi connectivity index (χ4v) is 3.27. The van der Waals surface area contributed by atoms with Crippen molar-refractivity contribution in [2.75, 3.05) is 20.2 Å². The zero-order valence-electron chi connectivity index (χ0n) is 14.4. The molecule has 1 saturated heterocycles. The minimum Gasteiger partial charge on any atom is -0.380 e. The maximum atomic E-state index is 13.0. The molecule has 0 bridgehead atoms. The third-order valence-electron chi connectivity index (χ3n) is 4.55. The summed E-state index contributed by atoms with van der Waals surface area (Å²) in [5.41, 5.74) is 1.58. The highest BCUT2D eigenvalue weighted by molar-refractivity contribution is 5.85. The van der Waals surface area contributed by atoms with Crippen LogP contribution in [0.15, 0.2) is 42.7 Å². The topological polar surface area (TPSA) is 68.2 Å². The molecule has 0 atom stereocenters. The predicted octanol–water partition coefficient (Wildman–Crippen LogP) is 1.85. The number of aromatic nitrogens is 2. The van der Waals surface area contributed by atoms with Crippen molar-refractivity contribution in [3.8, 4) is 0 Å². The number of ether oxygens (including phenoxy) is 1. The van der Waals surface area contributed by atoms with Gasteiger partial charge in [0, 0.05) is 26.0 Å². The van der Waals surface area contributed by atoms with Crippen molar-refractivity contribution in [1.29, 1.82) is 0 Å². The number of nitrogens with one attached hydrogen (secondary N) is 2. The van der Waals surface area contributed by atoms with Gasteiger partial charge in [0.2, 0.25) is 5.91 Å². The van der Waals surface area contributed by atoms with Crippen LogP contribution in [-0.2, 0) is 28.2 Å². The van der Waals surface area contributed by atoms with E-state index in [4.69, 9.17) is 4.74 Å². The van der Waals surface area contributed by atoms with Crippen molar-refractivity contribution in [2.45, 2.75) is 31.5 Å². The van der Waals surface area contributed by atoms with Crippen LogP contribution in [0.2, 0.25) is 0 Å². The van der Waals surface area contributed by atoms with E-state index < -0.39 is 5.54 Å². The van der Waals surface area contributed by atoms with Crippen LogP contribution in [0.3, 0.4) is 0 Å². The Bertz CT molecular complexity index is 669. The lowest BCUT2D eigenvalue weighted by molar-refractivity contribution is -0.132. The number of carbonyl (C=O) groups excluding carboxylic acids is 1. The predicted molar refractivity (Wildman–Crippen MR) is 98.6 cm³/mol. The first-order valence-electron chi connectivity index (χ1n) is 8.30. The van der Waals surface area contributed by atoms with Crippen LogP contribution < -0.4 is 10.6 Å². The number of piperidine rings is 1. The Morgan fingerprint density at radius 2 is 2.08 bits per heavy atom. The molecular formula is C18H25ClN4O2. The van der Waals surface area contributed by atoms with Gasteiger partial charge in [-0.25, -0.2) is 0 Å². The molecule has 1 aromatic heterocycles. The summed E-state index contributed by atoms with van der Waals surface area (Å²) < 4.78 is 6.97. The van der Waals surface area contributed by atoms with Crippen molar-refractivity contribution in [3.05, 3.63) is 53.9 Å².